The number of imide groups is 1. The number of Topliss-reactive ketones (excluding diaryl/α,β-unsaturated/α-hetero) is 1. The zero-order valence-corrected chi connectivity index (χ0v) is 50.4. The average molecular weight is 1190 g/mol. The topological polar surface area (TPSA) is 298 Å². The lowest BCUT2D eigenvalue weighted by molar-refractivity contribution is -0.385. The minimum absolute atomic E-state index is 0.00157. The third-order valence-corrected chi connectivity index (χ3v) is 16.7. The number of nitrogens with zero attached hydrogens (tertiary/aromatic N) is 5. The monoisotopic (exact) mass is 1190 g/mol. The molecule has 5 amide bonds. The fourth-order valence-electron chi connectivity index (χ4n) is 11.4. The Labute approximate surface area is 495 Å². The van der Waals surface area contributed by atoms with E-state index in [0.29, 0.717) is 60.5 Å². The normalized spacial score (nSPS) is 18.5. The van der Waals surface area contributed by atoms with Gasteiger partial charge >= 0.3 is 0 Å². The number of aryl methyl sites for hydroxylation is 1. The summed E-state index contributed by atoms with van der Waals surface area (Å²) in [5.74, 6) is -3.73. The number of hydrogen-bond acceptors (Lipinski definition) is 17. The highest BCUT2D eigenvalue weighted by Crippen LogP contribution is 2.49. The molecule has 3 atom stereocenters. The first-order valence-electron chi connectivity index (χ1n) is 28.3. The van der Waals surface area contributed by atoms with Gasteiger partial charge in [0.25, 0.3) is 27.6 Å². The average Bonchev–Trinajstić information content (AvgIpc) is 1.84. The van der Waals surface area contributed by atoms with E-state index in [2.05, 4.69) is 46.1 Å². The largest absolute Gasteiger partial charge is 0.493 e. The molecular formula is C61H77N9O14S. The van der Waals surface area contributed by atoms with Gasteiger partial charge in [-0.05, 0) is 80.5 Å². The Hall–Kier alpha value is -8.06. The highest BCUT2D eigenvalue weighted by molar-refractivity contribution is 7.85. The first-order valence-corrected chi connectivity index (χ1v) is 29.9. The smallest absolute Gasteiger partial charge is 0.278 e. The molecule has 0 aromatic heterocycles. The van der Waals surface area contributed by atoms with Crippen molar-refractivity contribution in [1.82, 2.24) is 31.1 Å². The van der Waals surface area contributed by atoms with E-state index >= 15 is 0 Å². The minimum atomic E-state index is -4.80. The number of carbonyl (C=O) groups is 6. The molecule has 7 rings (SSSR count). The van der Waals surface area contributed by atoms with E-state index in [1.54, 1.807) is 20.0 Å². The number of ketones is 1. The Bertz CT molecular complexity index is 3350. The van der Waals surface area contributed by atoms with Crippen LogP contribution in [-0.4, -0.2) is 160 Å². The van der Waals surface area contributed by atoms with Gasteiger partial charge in [-0.15, -0.1) is 0 Å². The molecule has 3 aromatic rings. The Morgan fingerprint density at radius 2 is 1.67 bits per heavy atom. The standard InChI is InChI=1S/C61H77N9O14S/c1-38-17-10-11-18-43(38)60(3,4)51(62-7)34-41-56(42(57(41)74)35-52-61(5,6)44-19-12-13-20-46(44)67(52)8)68-28-16-21-47(68)59(76)66-45(37-85(79,80)81)58(75)65-25-15-14-22-53(71)64-27-31-84-50-36-48(70(77)78)40(33-49(50)82-9)39(2)63-26-30-83-32-29-69-54(72)23-24-55(69)73/h10-13,17-20,23-24,33-36,39,45,47,63H,14-16,21-22,25-32,37H2,1-9H3,(H,64,71)(H,65,75)(H,66,76)(H,79,80,81)/b41-34-,52-35+,62-51?/t39?,45?,47-/m1/s1. The van der Waals surface area contributed by atoms with Crippen molar-refractivity contribution in [2.24, 2.45) is 4.99 Å². The maximum absolute atomic E-state index is 14.6. The summed E-state index contributed by atoms with van der Waals surface area (Å²) in [6, 6.07) is 15.6. The van der Waals surface area contributed by atoms with Crippen molar-refractivity contribution in [1.29, 1.82) is 0 Å². The molecule has 24 heteroatoms. The quantitative estimate of drug-likeness (QED) is 0.0113. The lowest BCUT2D eigenvalue weighted by Crippen LogP contribution is -2.55. The second-order valence-corrected chi connectivity index (χ2v) is 23.8. The van der Waals surface area contributed by atoms with E-state index in [9.17, 15) is 51.9 Å². The summed E-state index contributed by atoms with van der Waals surface area (Å²) in [7, 11) is 0.219. The third-order valence-electron chi connectivity index (χ3n) is 15.9. The highest BCUT2D eigenvalue weighted by atomic mass is 32.2. The number of allylic oxidation sites excluding steroid dienone is 5. The fourth-order valence-corrected chi connectivity index (χ4v) is 12.0. The molecule has 0 radical (unpaired) electrons. The molecule has 0 bridgehead atoms. The van der Waals surface area contributed by atoms with Gasteiger partial charge in [0.2, 0.25) is 17.7 Å². The number of nitro benzene ring substituents is 1. The molecule has 456 valence electrons. The number of unbranched alkanes of at least 4 members (excludes halogenated alkanes) is 1. The van der Waals surface area contributed by atoms with Gasteiger partial charge in [0.05, 0.1) is 55.7 Å². The summed E-state index contributed by atoms with van der Waals surface area (Å²) in [6.45, 7) is 13.1. The Balaban J connectivity index is 0.938. The number of likely N-dealkylation sites (N-methyl/N-ethyl adjacent to an activating group) is 1. The number of aliphatic imine (C=N–C) groups is 1. The SMILES string of the molecule is CN=C(/C=C1\C(=O)C(/C=C2/N(C)c3ccccc3C2(C)C)=C1N1CCC[C@@H]1C(=O)NC(CS(=O)(=O)O)C(=O)NCCCCC(=O)NCCOc1cc([N+](=O)[O-])c(C(C)NCCOCCN2C(=O)C=CC2=O)cc1OC)C(C)(C)c1ccccc1C. The van der Waals surface area contributed by atoms with Crippen molar-refractivity contribution in [2.75, 3.05) is 84.4 Å². The number of para-hydroxylation sites is 1. The van der Waals surface area contributed by atoms with Crippen LogP contribution < -0.4 is 35.6 Å². The minimum Gasteiger partial charge on any atom is -0.493 e. The number of benzene rings is 3. The van der Waals surface area contributed by atoms with Crippen LogP contribution in [0.15, 0.2) is 113 Å². The van der Waals surface area contributed by atoms with Crippen LogP contribution in [0.1, 0.15) is 95.0 Å². The molecule has 3 aromatic carbocycles. The van der Waals surface area contributed by atoms with Gasteiger partial charge in [0.15, 0.2) is 17.3 Å². The maximum atomic E-state index is 14.6. The predicted molar refractivity (Wildman–Crippen MR) is 320 cm³/mol. The Morgan fingerprint density at radius 3 is 2.34 bits per heavy atom. The number of nitrogens with one attached hydrogen (secondary N) is 4. The summed E-state index contributed by atoms with van der Waals surface area (Å²) in [5, 5.41) is 23.2. The Morgan fingerprint density at radius 1 is 0.965 bits per heavy atom. The van der Waals surface area contributed by atoms with E-state index in [0.717, 1.165) is 33.0 Å². The van der Waals surface area contributed by atoms with Gasteiger partial charge in [0, 0.05) is 97.4 Å². The molecule has 3 aliphatic heterocycles. The van der Waals surface area contributed by atoms with Gasteiger partial charge in [0.1, 0.15) is 24.4 Å². The van der Waals surface area contributed by atoms with Crippen molar-refractivity contribution >= 4 is 62.5 Å². The molecule has 85 heavy (non-hydrogen) atoms. The van der Waals surface area contributed by atoms with Crippen LogP contribution in [0.3, 0.4) is 0 Å². The highest BCUT2D eigenvalue weighted by Gasteiger charge is 2.46. The number of ether oxygens (including phenoxy) is 3. The molecule has 0 spiro atoms. The van der Waals surface area contributed by atoms with Crippen molar-refractivity contribution in [3.8, 4) is 11.5 Å². The first kappa shape index (κ1) is 64.5. The van der Waals surface area contributed by atoms with Gasteiger partial charge in [-0.1, -0.05) is 70.2 Å². The van der Waals surface area contributed by atoms with Gasteiger partial charge in [-0.25, -0.2) is 0 Å². The van der Waals surface area contributed by atoms with Crippen LogP contribution in [0.2, 0.25) is 0 Å². The zero-order chi connectivity index (χ0) is 62.0. The number of methoxy groups -OCH3 is 1. The van der Waals surface area contributed by atoms with Crippen LogP contribution in [0.25, 0.3) is 0 Å². The summed E-state index contributed by atoms with van der Waals surface area (Å²) < 4.78 is 51.5. The first-order chi connectivity index (χ1) is 40.3. The number of carbonyl (C=O) groups excluding carboxylic acids is 6. The van der Waals surface area contributed by atoms with Crippen molar-refractivity contribution in [3.05, 3.63) is 140 Å². The number of anilines is 1. The second kappa shape index (κ2) is 27.8. The summed E-state index contributed by atoms with van der Waals surface area (Å²) in [5.41, 5.74) is 5.93. The number of amides is 5. The molecule has 3 heterocycles. The molecule has 5 N–H and O–H groups in total. The van der Waals surface area contributed by atoms with Crippen LogP contribution in [0, 0.1) is 17.0 Å². The summed E-state index contributed by atoms with van der Waals surface area (Å²) in [4.78, 5) is 100. The lowest BCUT2D eigenvalue weighted by Gasteiger charge is -2.38. The van der Waals surface area contributed by atoms with Crippen LogP contribution in [-0.2, 0) is 54.5 Å². The number of nitro groups is 1. The number of likely N-dealkylation sites (tertiary alicyclic amines) is 1. The van der Waals surface area contributed by atoms with Crippen LogP contribution in [0.4, 0.5) is 11.4 Å². The summed E-state index contributed by atoms with van der Waals surface area (Å²) >= 11 is 0. The van der Waals surface area contributed by atoms with Gasteiger partial charge < -0.3 is 45.3 Å². The predicted octanol–water partition coefficient (Wildman–Crippen LogP) is 5.25. The lowest BCUT2D eigenvalue weighted by atomic mass is 9.74. The fraction of sp³-hybridized carbons (Fsp3) is 0.459. The van der Waals surface area contributed by atoms with Crippen molar-refractivity contribution < 1.29 is 60.9 Å². The van der Waals surface area contributed by atoms with Crippen molar-refractivity contribution in [3.63, 3.8) is 0 Å². The van der Waals surface area contributed by atoms with Crippen LogP contribution >= 0.6 is 0 Å². The van der Waals surface area contributed by atoms with Crippen molar-refractivity contribution in [2.45, 2.75) is 103 Å². The molecule has 1 aliphatic carbocycles. The zero-order valence-electron chi connectivity index (χ0n) is 49.6. The third kappa shape index (κ3) is 15.1. The molecule has 4 aliphatic rings. The molecule has 0 saturated carbocycles. The van der Waals surface area contributed by atoms with E-state index < -0.39 is 73.4 Å². The molecule has 1 fully saturated rings. The van der Waals surface area contributed by atoms with E-state index in [-0.39, 0.29) is 81.2 Å². The molecule has 1 saturated heterocycles. The molecular weight excluding hydrogens is 1110 g/mol. The number of hydrogen-bond donors (Lipinski definition) is 5. The maximum Gasteiger partial charge on any atom is 0.278 e. The van der Waals surface area contributed by atoms with E-state index in [1.807, 2.05) is 81.3 Å². The number of fused-ring (bicyclic) bond motifs is 1. The summed E-state index contributed by atoms with van der Waals surface area (Å²) in [6.07, 6.45) is 7.52. The molecule has 23 nitrogen and oxygen atoms in total. The number of rotatable bonds is 29. The second-order valence-electron chi connectivity index (χ2n) is 22.3. The Kier molecular flexibility index (Phi) is 21.1. The molecule has 2 unspecified atom stereocenters. The van der Waals surface area contributed by atoms with Crippen LogP contribution in [0.5, 0.6) is 11.5 Å². The van der Waals surface area contributed by atoms with Gasteiger partial charge in [-0.3, -0.25) is 53.3 Å². The van der Waals surface area contributed by atoms with E-state index in [4.69, 9.17) is 19.2 Å². The van der Waals surface area contributed by atoms with Gasteiger partial charge in [-0.2, -0.15) is 8.42 Å². The van der Waals surface area contributed by atoms with E-state index in [1.165, 1.54) is 31.4 Å².